The normalized spacial score (nSPS) is 15.4. The zero-order valence-electron chi connectivity index (χ0n) is 10.5. The van der Waals surface area contributed by atoms with E-state index in [0.717, 1.165) is 22.6 Å². The van der Waals surface area contributed by atoms with Gasteiger partial charge in [0, 0.05) is 12.1 Å². The van der Waals surface area contributed by atoms with Crippen LogP contribution in [-0.4, -0.2) is 16.7 Å². The van der Waals surface area contributed by atoms with E-state index >= 15 is 0 Å². The third kappa shape index (κ3) is 2.25. The first kappa shape index (κ1) is 11.7. The van der Waals surface area contributed by atoms with Crippen LogP contribution in [0.15, 0.2) is 24.3 Å². The molecule has 1 aromatic heterocycles. The van der Waals surface area contributed by atoms with E-state index in [1.165, 1.54) is 30.4 Å². The van der Waals surface area contributed by atoms with Gasteiger partial charge in [-0.05, 0) is 37.3 Å². The van der Waals surface area contributed by atoms with Gasteiger partial charge in [0.05, 0.1) is 0 Å². The Morgan fingerprint density at radius 2 is 2.22 bits per heavy atom. The molecule has 0 spiro atoms. The van der Waals surface area contributed by atoms with Crippen molar-refractivity contribution in [1.82, 2.24) is 10.2 Å². The van der Waals surface area contributed by atoms with Crippen molar-refractivity contribution < 1.29 is 0 Å². The molecule has 4 heteroatoms. The quantitative estimate of drug-likeness (QED) is 0.904. The van der Waals surface area contributed by atoms with E-state index in [0.29, 0.717) is 0 Å². The number of hydrogen-bond donors (Lipinski definition) is 1. The SMILES string of the molecule is CCNc1nnc(-c2cccc(C3CCC3)c2)s1. The molecule has 1 N–H and O–H groups in total. The summed E-state index contributed by atoms with van der Waals surface area (Å²) in [4.78, 5) is 0. The fourth-order valence-corrected chi connectivity index (χ4v) is 3.04. The first-order chi connectivity index (χ1) is 8.86. The molecule has 1 aliphatic rings. The highest BCUT2D eigenvalue weighted by molar-refractivity contribution is 7.18. The molecule has 1 aromatic carbocycles. The number of aromatic nitrogens is 2. The van der Waals surface area contributed by atoms with Crippen LogP contribution in [0.4, 0.5) is 5.13 Å². The van der Waals surface area contributed by atoms with Crippen molar-refractivity contribution in [3.05, 3.63) is 29.8 Å². The molecular weight excluding hydrogens is 242 g/mol. The molecule has 0 bridgehead atoms. The molecular formula is C14H17N3S. The Kier molecular flexibility index (Phi) is 3.28. The highest BCUT2D eigenvalue weighted by Crippen LogP contribution is 2.38. The molecule has 1 aliphatic carbocycles. The second kappa shape index (κ2) is 5.06. The fourth-order valence-electron chi connectivity index (χ4n) is 2.23. The van der Waals surface area contributed by atoms with Gasteiger partial charge < -0.3 is 5.32 Å². The average Bonchev–Trinajstić information content (AvgIpc) is 2.76. The van der Waals surface area contributed by atoms with Crippen molar-refractivity contribution in [2.75, 3.05) is 11.9 Å². The summed E-state index contributed by atoms with van der Waals surface area (Å²) in [6.07, 6.45) is 4.04. The first-order valence-corrected chi connectivity index (χ1v) is 7.36. The summed E-state index contributed by atoms with van der Waals surface area (Å²) in [6.45, 7) is 2.95. The fraction of sp³-hybridized carbons (Fsp3) is 0.429. The molecule has 0 unspecified atom stereocenters. The smallest absolute Gasteiger partial charge is 0.205 e. The van der Waals surface area contributed by atoms with Crippen LogP contribution in [0, 0.1) is 0 Å². The predicted molar refractivity (Wildman–Crippen MR) is 76.1 cm³/mol. The van der Waals surface area contributed by atoms with Crippen LogP contribution >= 0.6 is 11.3 Å². The second-order valence-corrected chi connectivity index (χ2v) is 5.67. The maximum Gasteiger partial charge on any atom is 0.205 e. The van der Waals surface area contributed by atoms with Gasteiger partial charge in [-0.3, -0.25) is 0 Å². The predicted octanol–water partition coefficient (Wildman–Crippen LogP) is 3.90. The van der Waals surface area contributed by atoms with E-state index in [4.69, 9.17) is 0 Å². The van der Waals surface area contributed by atoms with Crippen LogP contribution < -0.4 is 5.32 Å². The highest BCUT2D eigenvalue weighted by atomic mass is 32.1. The van der Waals surface area contributed by atoms with Crippen molar-refractivity contribution in [3.63, 3.8) is 0 Å². The number of nitrogens with zero attached hydrogens (tertiary/aromatic N) is 2. The van der Waals surface area contributed by atoms with Crippen molar-refractivity contribution in [2.24, 2.45) is 0 Å². The van der Waals surface area contributed by atoms with Crippen LogP contribution in [0.3, 0.4) is 0 Å². The maximum absolute atomic E-state index is 4.26. The number of rotatable bonds is 4. The largest absolute Gasteiger partial charge is 0.360 e. The van der Waals surface area contributed by atoms with Crippen LogP contribution in [0.1, 0.15) is 37.7 Å². The minimum atomic E-state index is 0.770. The molecule has 2 aromatic rings. The molecule has 0 saturated heterocycles. The van der Waals surface area contributed by atoms with Gasteiger partial charge in [0.1, 0.15) is 5.01 Å². The summed E-state index contributed by atoms with van der Waals surface area (Å²) in [5.74, 6) is 0.770. The van der Waals surface area contributed by atoms with E-state index in [-0.39, 0.29) is 0 Å². The highest BCUT2D eigenvalue weighted by Gasteiger charge is 2.19. The van der Waals surface area contributed by atoms with Crippen LogP contribution in [0.25, 0.3) is 10.6 Å². The van der Waals surface area contributed by atoms with Crippen LogP contribution in [-0.2, 0) is 0 Å². The number of hydrogen-bond acceptors (Lipinski definition) is 4. The Balaban J connectivity index is 1.85. The van der Waals surface area contributed by atoms with E-state index in [1.54, 1.807) is 11.3 Å². The van der Waals surface area contributed by atoms with Gasteiger partial charge in [0.2, 0.25) is 5.13 Å². The molecule has 0 radical (unpaired) electrons. The topological polar surface area (TPSA) is 37.8 Å². The minimum absolute atomic E-state index is 0.770. The molecule has 0 aliphatic heterocycles. The summed E-state index contributed by atoms with van der Waals surface area (Å²) >= 11 is 1.62. The molecule has 3 nitrogen and oxygen atoms in total. The van der Waals surface area contributed by atoms with E-state index in [2.05, 4.69) is 46.7 Å². The van der Waals surface area contributed by atoms with Gasteiger partial charge in [-0.15, -0.1) is 10.2 Å². The lowest BCUT2D eigenvalue weighted by atomic mass is 9.80. The average molecular weight is 259 g/mol. The van der Waals surface area contributed by atoms with Crippen LogP contribution in [0.2, 0.25) is 0 Å². The monoisotopic (exact) mass is 259 g/mol. The third-order valence-electron chi connectivity index (χ3n) is 3.46. The Labute approximate surface area is 111 Å². The van der Waals surface area contributed by atoms with Gasteiger partial charge in [-0.2, -0.15) is 0 Å². The lowest BCUT2D eigenvalue weighted by molar-refractivity contribution is 0.420. The molecule has 0 atom stereocenters. The number of benzene rings is 1. The molecule has 0 amide bonds. The molecule has 1 fully saturated rings. The van der Waals surface area contributed by atoms with Gasteiger partial charge in [0.25, 0.3) is 0 Å². The number of nitrogens with one attached hydrogen (secondary N) is 1. The lowest BCUT2D eigenvalue weighted by Crippen LogP contribution is -2.08. The van der Waals surface area contributed by atoms with E-state index < -0.39 is 0 Å². The van der Waals surface area contributed by atoms with E-state index in [1.807, 2.05) is 0 Å². The summed E-state index contributed by atoms with van der Waals surface area (Å²) < 4.78 is 0. The number of anilines is 1. The Morgan fingerprint density at radius 1 is 1.33 bits per heavy atom. The minimum Gasteiger partial charge on any atom is -0.360 e. The summed E-state index contributed by atoms with van der Waals surface area (Å²) in [6, 6.07) is 8.77. The van der Waals surface area contributed by atoms with Crippen molar-refractivity contribution in [2.45, 2.75) is 32.1 Å². The van der Waals surface area contributed by atoms with E-state index in [9.17, 15) is 0 Å². The zero-order chi connectivity index (χ0) is 12.4. The molecule has 94 valence electrons. The third-order valence-corrected chi connectivity index (χ3v) is 4.39. The lowest BCUT2D eigenvalue weighted by Gasteiger charge is -2.25. The molecule has 1 saturated carbocycles. The van der Waals surface area contributed by atoms with Gasteiger partial charge in [0.15, 0.2) is 0 Å². The molecule has 18 heavy (non-hydrogen) atoms. The maximum atomic E-state index is 4.26. The van der Waals surface area contributed by atoms with Gasteiger partial charge >= 0.3 is 0 Å². The Morgan fingerprint density at radius 3 is 2.94 bits per heavy atom. The standard InChI is InChI=1S/C14H17N3S/c1-2-15-14-17-16-13(18-14)12-8-4-7-11(9-12)10-5-3-6-10/h4,7-10H,2-3,5-6H2,1H3,(H,15,17). The van der Waals surface area contributed by atoms with Gasteiger partial charge in [-0.25, -0.2) is 0 Å². The van der Waals surface area contributed by atoms with Gasteiger partial charge in [-0.1, -0.05) is 36.0 Å². The van der Waals surface area contributed by atoms with Crippen molar-refractivity contribution >= 4 is 16.5 Å². The van der Waals surface area contributed by atoms with Crippen molar-refractivity contribution in [1.29, 1.82) is 0 Å². The molecule has 3 rings (SSSR count). The summed E-state index contributed by atoms with van der Waals surface area (Å²) in [5.41, 5.74) is 2.65. The zero-order valence-corrected chi connectivity index (χ0v) is 11.3. The Hall–Kier alpha value is -1.42. The first-order valence-electron chi connectivity index (χ1n) is 6.54. The summed E-state index contributed by atoms with van der Waals surface area (Å²) in [7, 11) is 0. The van der Waals surface area contributed by atoms with Crippen LogP contribution in [0.5, 0.6) is 0 Å². The Bertz CT molecular complexity index is 531. The molecule has 1 heterocycles. The summed E-state index contributed by atoms with van der Waals surface area (Å²) in [5, 5.41) is 13.5. The van der Waals surface area contributed by atoms with Crippen molar-refractivity contribution in [3.8, 4) is 10.6 Å². The second-order valence-electron chi connectivity index (χ2n) is 4.70.